The lowest BCUT2D eigenvalue weighted by Crippen LogP contribution is -2.27. The van der Waals surface area contributed by atoms with Crippen LogP contribution in [-0.4, -0.2) is 28.7 Å². The zero-order valence-corrected chi connectivity index (χ0v) is 18.5. The molecule has 1 amide bonds. The fourth-order valence-electron chi connectivity index (χ4n) is 3.78. The van der Waals surface area contributed by atoms with Crippen molar-refractivity contribution in [3.63, 3.8) is 0 Å². The molecular formula is C24H17Cl2N3O3. The van der Waals surface area contributed by atoms with E-state index in [0.717, 1.165) is 22.2 Å². The molecule has 4 aromatic rings. The quantitative estimate of drug-likeness (QED) is 0.339. The largest absolute Gasteiger partial charge is 0.497 e. The summed E-state index contributed by atoms with van der Waals surface area (Å²) in [6.07, 6.45) is 1.92. The van der Waals surface area contributed by atoms with Gasteiger partial charge in [0.25, 0.3) is 0 Å². The highest BCUT2D eigenvalue weighted by atomic mass is 35.5. The summed E-state index contributed by atoms with van der Waals surface area (Å²) < 4.78 is 10.7. The van der Waals surface area contributed by atoms with E-state index in [1.165, 1.54) is 11.3 Å². The molecule has 0 spiro atoms. The molecule has 3 heterocycles. The van der Waals surface area contributed by atoms with Crippen LogP contribution in [0.1, 0.15) is 34.1 Å². The Hall–Kier alpha value is -3.35. The summed E-state index contributed by atoms with van der Waals surface area (Å²) in [6.45, 7) is 0. The molecule has 5 rings (SSSR count). The minimum absolute atomic E-state index is 0.197. The normalized spacial score (nSPS) is 15.8. The van der Waals surface area contributed by atoms with Crippen LogP contribution in [0.25, 0.3) is 10.9 Å². The lowest BCUT2D eigenvalue weighted by molar-refractivity contribution is 0.0678. The van der Waals surface area contributed by atoms with Crippen LogP contribution in [0.2, 0.25) is 10.2 Å². The van der Waals surface area contributed by atoms with E-state index in [2.05, 4.69) is 10.1 Å². The molecule has 8 heteroatoms. The molecule has 1 unspecified atom stereocenters. The van der Waals surface area contributed by atoms with Crippen molar-refractivity contribution in [2.45, 2.75) is 12.5 Å². The fourth-order valence-corrected chi connectivity index (χ4v) is 4.18. The lowest BCUT2D eigenvalue weighted by Gasteiger charge is -2.22. The summed E-state index contributed by atoms with van der Waals surface area (Å²) >= 11 is 12.6. The van der Waals surface area contributed by atoms with E-state index >= 15 is 0 Å². The van der Waals surface area contributed by atoms with E-state index in [-0.39, 0.29) is 11.7 Å². The Balaban J connectivity index is 1.60. The Morgan fingerprint density at radius 3 is 2.66 bits per heavy atom. The number of hydrogen-bond acceptors (Lipinski definition) is 5. The van der Waals surface area contributed by atoms with Gasteiger partial charge in [0, 0.05) is 22.4 Å². The van der Waals surface area contributed by atoms with Gasteiger partial charge in [0.1, 0.15) is 10.9 Å². The second-order valence-electron chi connectivity index (χ2n) is 7.33. The number of benzene rings is 2. The first-order valence-corrected chi connectivity index (χ1v) is 10.6. The predicted octanol–water partition coefficient (Wildman–Crippen LogP) is 6.13. The maximum Gasteiger partial charge on any atom is 0.310 e. The van der Waals surface area contributed by atoms with Gasteiger partial charge in [0.2, 0.25) is 0 Å². The molecule has 0 bridgehead atoms. The van der Waals surface area contributed by atoms with Gasteiger partial charge in [-0.25, -0.2) is 9.99 Å². The van der Waals surface area contributed by atoms with Crippen LogP contribution in [-0.2, 0) is 0 Å². The molecule has 0 saturated heterocycles. The number of furan rings is 1. The van der Waals surface area contributed by atoms with Crippen LogP contribution in [0.3, 0.4) is 0 Å². The Kier molecular flexibility index (Phi) is 5.33. The van der Waals surface area contributed by atoms with Crippen molar-refractivity contribution >= 4 is 45.7 Å². The van der Waals surface area contributed by atoms with E-state index in [9.17, 15) is 4.79 Å². The topological polar surface area (TPSA) is 67.9 Å². The van der Waals surface area contributed by atoms with E-state index < -0.39 is 6.04 Å². The van der Waals surface area contributed by atoms with Gasteiger partial charge in [-0.15, -0.1) is 0 Å². The molecular weight excluding hydrogens is 449 g/mol. The zero-order valence-electron chi connectivity index (χ0n) is 17.0. The number of nitrogens with zero attached hydrogens (tertiary/aromatic N) is 3. The van der Waals surface area contributed by atoms with Gasteiger partial charge < -0.3 is 9.15 Å². The third kappa shape index (κ3) is 3.72. The summed E-state index contributed by atoms with van der Waals surface area (Å²) in [4.78, 5) is 17.8. The van der Waals surface area contributed by atoms with E-state index in [1.54, 1.807) is 31.4 Å². The number of carbonyl (C=O) groups is 1. The molecule has 0 radical (unpaired) electrons. The van der Waals surface area contributed by atoms with Gasteiger partial charge in [-0.1, -0.05) is 35.3 Å². The molecule has 160 valence electrons. The summed E-state index contributed by atoms with van der Waals surface area (Å²) in [5.41, 5.74) is 3.05. The number of amides is 1. The number of methoxy groups -OCH3 is 1. The number of hydrazone groups is 1. The summed E-state index contributed by atoms with van der Waals surface area (Å²) in [5.74, 6) is 0.550. The molecule has 32 heavy (non-hydrogen) atoms. The first kappa shape index (κ1) is 20.5. The number of aromatic nitrogens is 1. The summed E-state index contributed by atoms with van der Waals surface area (Å²) in [5, 5.41) is 7.86. The Morgan fingerprint density at radius 1 is 1.12 bits per heavy atom. The molecule has 1 aliphatic heterocycles. The van der Waals surface area contributed by atoms with Crippen LogP contribution in [0.5, 0.6) is 5.75 Å². The Bertz CT molecular complexity index is 1330. The number of halogens is 2. The number of carbonyl (C=O) groups excluding carboxylic acids is 1. The van der Waals surface area contributed by atoms with Gasteiger partial charge in [0.15, 0.2) is 5.76 Å². The second-order valence-corrected chi connectivity index (χ2v) is 8.12. The molecule has 0 N–H and O–H groups in total. The third-order valence-electron chi connectivity index (χ3n) is 5.39. The summed E-state index contributed by atoms with van der Waals surface area (Å²) in [6, 6.07) is 17.7. The average Bonchev–Trinajstić information content (AvgIpc) is 3.49. The zero-order chi connectivity index (χ0) is 22.2. The molecule has 2 aromatic heterocycles. The SMILES string of the molecule is COc1ccc2nc(Cl)c(C3CC(c4ccc(Cl)cc4)=NN3C(=O)c3ccco3)cc2c1. The molecule has 0 aliphatic carbocycles. The minimum Gasteiger partial charge on any atom is -0.497 e. The average molecular weight is 466 g/mol. The highest BCUT2D eigenvalue weighted by molar-refractivity contribution is 6.31. The minimum atomic E-state index is -0.450. The highest BCUT2D eigenvalue weighted by Crippen LogP contribution is 2.38. The Labute approximate surface area is 194 Å². The van der Waals surface area contributed by atoms with Gasteiger partial charge in [-0.2, -0.15) is 5.10 Å². The number of rotatable bonds is 4. The molecule has 2 aromatic carbocycles. The van der Waals surface area contributed by atoms with Crippen LogP contribution < -0.4 is 4.74 Å². The predicted molar refractivity (Wildman–Crippen MR) is 124 cm³/mol. The lowest BCUT2D eigenvalue weighted by atomic mass is 9.98. The van der Waals surface area contributed by atoms with Crippen LogP contribution in [0.15, 0.2) is 76.4 Å². The molecule has 0 saturated carbocycles. The number of fused-ring (bicyclic) bond motifs is 1. The molecule has 0 fully saturated rings. The van der Waals surface area contributed by atoms with E-state index in [0.29, 0.717) is 27.9 Å². The molecule has 1 atom stereocenters. The van der Waals surface area contributed by atoms with Crippen molar-refractivity contribution in [3.05, 3.63) is 94.0 Å². The first-order chi connectivity index (χ1) is 15.5. The molecule has 6 nitrogen and oxygen atoms in total. The fraction of sp³-hybridized carbons (Fsp3) is 0.125. The standard InChI is InChI=1S/C24H17Cl2N3O3/c1-31-17-8-9-19-15(11-17)12-18(23(26)27-19)21-13-20(14-4-6-16(25)7-5-14)28-29(21)24(30)22-3-2-10-32-22/h2-12,21H,13H2,1H3. The van der Waals surface area contributed by atoms with Crippen molar-refractivity contribution < 1.29 is 13.9 Å². The van der Waals surface area contributed by atoms with Crippen molar-refractivity contribution in [2.24, 2.45) is 5.10 Å². The van der Waals surface area contributed by atoms with Crippen molar-refractivity contribution in [1.82, 2.24) is 9.99 Å². The van der Waals surface area contributed by atoms with Crippen molar-refractivity contribution in [1.29, 1.82) is 0 Å². The first-order valence-electron chi connectivity index (χ1n) is 9.88. The van der Waals surface area contributed by atoms with Crippen LogP contribution in [0, 0.1) is 0 Å². The third-order valence-corrected chi connectivity index (χ3v) is 5.94. The van der Waals surface area contributed by atoms with Crippen molar-refractivity contribution in [2.75, 3.05) is 7.11 Å². The molecule has 1 aliphatic rings. The van der Waals surface area contributed by atoms with Gasteiger partial charge in [-0.05, 0) is 54.1 Å². The van der Waals surface area contributed by atoms with Gasteiger partial charge >= 0.3 is 5.91 Å². The maximum atomic E-state index is 13.2. The number of ether oxygens (including phenoxy) is 1. The summed E-state index contributed by atoms with van der Waals surface area (Å²) in [7, 11) is 1.61. The van der Waals surface area contributed by atoms with Gasteiger partial charge in [0.05, 0.1) is 30.6 Å². The number of pyridine rings is 1. The highest BCUT2D eigenvalue weighted by Gasteiger charge is 2.36. The Morgan fingerprint density at radius 2 is 1.94 bits per heavy atom. The van der Waals surface area contributed by atoms with E-state index in [4.69, 9.17) is 32.4 Å². The second kappa shape index (κ2) is 8.30. The number of hydrogen-bond donors (Lipinski definition) is 0. The van der Waals surface area contributed by atoms with Crippen LogP contribution >= 0.6 is 23.2 Å². The van der Waals surface area contributed by atoms with E-state index in [1.807, 2.05) is 36.4 Å². The van der Waals surface area contributed by atoms with Gasteiger partial charge in [-0.3, -0.25) is 4.79 Å². The monoisotopic (exact) mass is 465 g/mol. The van der Waals surface area contributed by atoms with Crippen LogP contribution in [0.4, 0.5) is 0 Å². The van der Waals surface area contributed by atoms with Crippen molar-refractivity contribution in [3.8, 4) is 5.75 Å². The maximum absolute atomic E-state index is 13.2. The smallest absolute Gasteiger partial charge is 0.310 e.